The molecule has 12 atom stereocenters. The minimum absolute atomic E-state index is 0.0469. The smallest absolute Gasteiger partial charge is 0.336 e. The molecular formula is C21H28Br2F2O5. The van der Waals surface area contributed by atoms with Crippen LogP contribution in [0.15, 0.2) is 0 Å². The standard InChI is InChI=1S/C21H28Br2F2O5/c1-8-4-9-10-5-12(24)14-15(23)16(27)11(22)6-19(14,3)20(10,25)13(26)7-18(9,2)21(8,30)17(28)29/h8-15,26,30H,4-7H2,1-3H3,(H,28,29)/t8-,9?,10?,11?,12?,13+,14?,15?,18+,19+,20+,21+/m1/s1. The average Bonchev–Trinajstić information content (AvgIpc) is 2.84. The Morgan fingerprint density at radius 3 is 2.30 bits per heavy atom. The van der Waals surface area contributed by atoms with Gasteiger partial charge in [-0.15, -0.1) is 0 Å². The lowest BCUT2D eigenvalue weighted by atomic mass is 9.41. The van der Waals surface area contributed by atoms with E-state index in [1.165, 1.54) is 0 Å². The largest absolute Gasteiger partial charge is 0.479 e. The number of carbonyl (C=O) groups excluding carboxylic acids is 1. The second-order valence-electron chi connectivity index (χ2n) is 10.5. The maximum atomic E-state index is 17.2. The number of alkyl halides is 4. The van der Waals surface area contributed by atoms with Crippen LogP contribution in [0, 0.1) is 34.5 Å². The Kier molecular flexibility index (Phi) is 5.15. The summed E-state index contributed by atoms with van der Waals surface area (Å²) in [5.74, 6) is -4.77. The number of carboxylic acid groups (broad SMARTS) is 1. The molecule has 4 aliphatic carbocycles. The SMILES string of the molecule is C[C@@H]1CC2C3CC(F)C4C(Br)C(=O)C(Br)C[C@]4(C)[C@@]3(F)[C@@H](O)C[C@]2(C)[C@@]1(O)C(=O)O. The van der Waals surface area contributed by atoms with E-state index in [1.54, 1.807) is 20.8 Å². The highest BCUT2D eigenvalue weighted by Crippen LogP contribution is 2.72. The lowest BCUT2D eigenvalue weighted by Gasteiger charge is -2.66. The zero-order valence-electron chi connectivity index (χ0n) is 17.1. The molecule has 0 heterocycles. The fourth-order valence-electron chi connectivity index (χ4n) is 7.92. The van der Waals surface area contributed by atoms with Crippen molar-refractivity contribution in [2.75, 3.05) is 0 Å². The number of aliphatic hydroxyl groups excluding tert-OH is 1. The van der Waals surface area contributed by atoms with Gasteiger partial charge in [-0.1, -0.05) is 52.6 Å². The number of carbonyl (C=O) groups is 2. The Morgan fingerprint density at radius 2 is 1.73 bits per heavy atom. The first-order valence-electron chi connectivity index (χ1n) is 10.5. The van der Waals surface area contributed by atoms with Crippen LogP contribution < -0.4 is 0 Å². The van der Waals surface area contributed by atoms with Gasteiger partial charge >= 0.3 is 5.97 Å². The number of ketones is 1. The molecule has 5 nitrogen and oxygen atoms in total. The normalized spacial score (nSPS) is 60.5. The van der Waals surface area contributed by atoms with Crippen LogP contribution in [-0.4, -0.2) is 60.3 Å². The predicted octanol–water partition coefficient (Wildman–Crippen LogP) is 3.42. The third-order valence-electron chi connectivity index (χ3n) is 9.44. The number of hydrogen-bond donors (Lipinski definition) is 3. The fraction of sp³-hybridized carbons (Fsp3) is 0.905. The van der Waals surface area contributed by atoms with Gasteiger partial charge in [0.2, 0.25) is 0 Å². The number of carboxylic acids is 1. The topological polar surface area (TPSA) is 94.8 Å². The molecule has 0 spiro atoms. The number of Topliss-reactive ketones (excluding diaryl/α,β-unsaturated/α-hetero) is 1. The summed E-state index contributed by atoms with van der Waals surface area (Å²) in [4.78, 5) is 23.0. The molecule has 4 fully saturated rings. The van der Waals surface area contributed by atoms with E-state index in [1.807, 2.05) is 0 Å². The summed E-state index contributed by atoms with van der Waals surface area (Å²) in [5.41, 5.74) is -6.94. The summed E-state index contributed by atoms with van der Waals surface area (Å²) >= 11 is 6.62. The van der Waals surface area contributed by atoms with Gasteiger partial charge in [0.05, 0.1) is 15.8 Å². The van der Waals surface area contributed by atoms with Gasteiger partial charge in [-0.2, -0.15) is 0 Å². The minimum atomic E-state index is -2.20. The molecule has 6 unspecified atom stereocenters. The molecule has 4 aliphatic rings. The van der Waals surface area contributed by atoms with E-state index in [0.717, 1.165) is 0 Å². The predicted molar refractivity (Wildman–Crippen MR) is 112 cm³/mol. The molecule has 0 aromatic rings. The van der Waals surface area contributed by atoms with Crippen LogP contribution in [0.3, 0.4) is 0 Å². The number of aliphatic hydroxyl groups is 2. The summed E-state index contributed by atoms with van der Waals surface area (Å²) < 4.78 is 32.8. The Hall–Kier alpha value is -0.120. The Labute approximate surface area is 191 Å². The van der Waals surface area contributed by atoms with E-state index in [-0.39, 0.29) is 31.5 Å². The molecule has 4 saturated carbocycles. The molecule has 0 aromatic carbocycles. The minimum Gasteiger partial charge on any atom is -0.479 e. The van der Waals surface area contributed by atoms with Crippen molar-refractivity contribution in [1.29, 1.82) is 0 Å². The molecule has 4 rings (SSSR count). The number of hydrogen-bond acceptors (Lipinski definition) is 4. The summed E-state index contributed by atoms with van der Waals surface area (Å²) in [6.07, 6.45) is -3.22. The number of halogens is 4. The highest BCUT2D eigenvalue weighted by atomic mass is 79.9. The molecule has 0 bridgehead atoms. The third-order valence-corrected chi connectivity index (χ3v) is 11.2. The van der Waals surface area contributed by atoms with Crippen molar-refractivity contribution in [2.45, 2.75) is 79.7 Å². The van der Waals surface area contributed by atoms with Crippen LogP contribution >= 0.6 is 31.9 Å². The number of fused-ring (bicyclic) bond motifs is 5. The maximum Gasteiger partial charge on any atom is 0.336 e. The van der Waals surface area contributed by atoms with Gasteiger partial charge in [-0.3, -0.25) is 4.79 Å². The van der Waals surface area contributed by atoms with Gasteiger partial charge < -0.3 is 15.3 Å². The first-order chi connectivity index (χ1) is 13.7. The quantitative estimate of drug-likeness (QED) is 0.429. The van der Waals surface area contributed by atoms with Crippen molar-refractivity contribution in [3.05, 3.63) is 0 Å². The number of aliphatic carboxylic acids is 1. The van der Waals surface area contributed by atoms with Crippen molar-refractivity contribution in [2.24, 2.45) is 34.5 Å². The molecule has 0 saturated heterocycles. The van der Waals surface area contributed by atoms with Crippen LogP contribution in [0.1, 0.15) is 46.5 Å². The molecule has 3 N–H and O–H groups in total. The van der Waals surface area contributed by atoms with Crippen LogP contribution in [0.4, 0.5) is 8.78 Å². The summed E-state index contributed by atoms with van der Waals surface area (Å²) in [7, 11) is 0. The highest BCUT2D eigenvalue weighted by Gasteiger charge is 2.79. The molecule has 0 aliphatic heterocycles. The molecular weight excluding hydrogens is 530 g/mol. The van der Waals surface area contributed by atoms with E-state index in [9.17, 15) is 24.9 Å². The van der Waals surface area contributed by atoms with E-state index < -0.39 is 73.7 Å². The second-order valence-corrected chi connectivity index (χ2v) is 12.6. The van der Waals surface area contributed by atoms with Gasteiger partial charge in [0.25, 0.3) is 0 Å². The molecule has 0 amide bonds. The van der Waals surface area contributed by atoms with Crippen LogP contribution in [-0.2, 0) is 9.59 Å². The lowest BCUT2D eigenvalue weighted by Crippen LogP contribution is -2.74. The van der Waals surface area contributed by atoms with Crippen LogP contribution in [0.5, 0.6) is 0 Å². The van der Waals surface area contributed by atoms with Gasteiger partial charge in [0.1, 0.15) is 11.8 Å². The van der Waals surface area contributed by atoms with Crippen molar-refractivity contribution in [1.82, 2.24) is 0 Å². The summed E-state index contributed by atoms with van der Waals surface area (Å²) in [6, 6.07) is 0. The zero-order valence-corrected chi connectivity index (χ0v) is 20.3. The summed E-state index contributed by atoms with van der Waals surface area (Å²) in [5, 5.41) is 32.2. The Bertz CT molecular complexity index is 799. The third kappa shape index (κ3) is 2.39. The maximum absolute atomic E-state index is 17.2. The lowest BCUT2D eigenvalue weighted by molar-refractivity contribution is -0.265. The molecule has 9 heteroatoms. The monoisotopic (exact) mass is 556 g/mol. The average molecular weight is 558 g/mol. The van der Waals surface area contributed by atoms with Crippen LogP contribution in [0.2, 0.25) is 0 Å². The molecule has 30 heavy (non-hydrogen) atoms. The van der Waals surface area contributed by atoms with Gasteiger partial charge in [0, 0.05) is 22.7 Å². The van der Waals surface area contributed by atoms with E-state index in [0.29, 0.717) is 0 Å². The van der Waals surface area contributed by atoms with Crippen LogP contribution in [0.25, 0.3) is 0 Å². The van der Waals surface area contributed by atoms with Gasteiger partial charge in [-0.25, -0.2) is 13.6 Å². The van der Waals surface area contributed by atoms with E-state index in [4.69, 9.17) is 0 Å². The summed E-state index contributed by atoms with van der Waals surface area (Å²) in [6.45, 7) is 4.82. The number of rotatable bonds is 1. The van der Waals surface area contributed by atoms with Crippen molar-refractivity contribution in [3.8, 4) is 0 Å². The zero-order chi connectivity index (χ0) is 22.6. The molecule has 0 radical (unpaired) electrons. The van der Waals surface area contributed by atoms with Gasteiger partial charge in [-0.05, 0) is 37.5 Å². The Morgan fingerprint density at radius 1 is 1.13 bits per heavy atom. The van der Waals surface area contributed by atoms with Crippen molar-refractivity contribution < 1.29 is 33.7 Å². The van der Waals surface area contributed by atoms with E-state index in [2.05, 4.69) is 31.9 Å². The van der Waals surface area contributed by atoms with Crippen molar-refractivity contribution in [3.63, 3.8) is 0 Å². The fourth-order valence-corrected chi connectivity index (χ4v) is 10.5. The second kappa shape index (κ2) is 6.70. The highest BCUT2D eigenvalue weighted by molar-refractivity contribution is 9.10. The molecule has 0 aromatic heterocycles. The van der Waals surface area contributed by atoms with E-state index >= 15 is 8.78 Å². The first-order valence-corrected chi connectivity index (χ1v) is 12.3. The van der Waals surface area contributed by atoms with Crippen molar-refractivity contribution >= 4 is 43.6 Å². The van der Waals surface area contributed by atoms with Gasteiger partial charge in [0.15, 0.2) is 11.4 Å². The Balaban J connectivity index is 1.86. The first kappa shape index (κ1) is 23.1. The molecule has 170 valence electrons.